The van der Waals surface area contributed by atoms with Gasteiger partial charge in [0.1, 0.15) is 91.4 Å². The van der Waals surface area contributed by atoms with Crippen LogP contribution in [0.2, 0.25) is 0 Å². The molecule has 2 heterocycles. The van der Waals surface area contributed by atoms with E-state index in [0.29, 0.717) is 33.4 Å². The molecule has 0 spiro atoms. The van der Waals surface area contributed by atoms with E-state index < -0.39 is 175 Å². The summed E-state index contributed by atoms with van der Waals surface area (Å²) in [5.41, 5.74) is 0.227. The van der Waals surface area contributed by atoms with Crippen molar-refractivity contribution in [3.8, 4) is 46.0 Å². The van der Waals surface area contributed by atoms with Crippen LogP contribution < -0.4 is 18.9 Å². The number of carbonyl (C=O) groups excluding carboxylic acids is 10. The van der Waals surface area contributed by atoms with Crippen LogP contribution in [0.3, 0.4) is 0 Å². The third-order valence-electron chi connectivity index (χ3n) is 19.4. The summed E-state index contributed by atoms with van der Waals surface area (Å²) in [7, 11) is 0. The van der Waals surface area contributed by atoms with Crippen LogP contribution in [0.1, 0.15) is 87.7 Å². The quantitative estimate of drug-likeness (QED) is 0.00689. The molecule has 0 radical (unpaired) electrons. The van der Waals surface area contributed by atoms with Crippen LogP contribution >= 0.6 is 46.4 Å². The number of ether oxygens (including phenoxy) is 10. The molecule has 0 saturated carbocycles. The molecule has 0 saturated heterocycles. The van der Waals surface area contributed by atoms with Gasteiger partial charge in [-0.1, -0.05) is 182 Å². The first kappa shape index (κ1) is 86.6. The lowest BCUT2D eigenvalue weighted by Crippen LogP contribution is -2.52. The smallest absolute Gasteiger partial charge is 0.391 e. The largest absolute Gasteiger partial charge is 0.461 e. The monoisotopic (exact) mass is 1750 g/mol. The summed E-state index contributed by atoms with van der Waals surface area (Å²) in [6, 6.07) is 38.1. The van der Waals surface area contributed by atoms with Gasteiger partial charge in [-0.2, -0.15) is 26.3 Å². The van der Waals surface area contributed by atoms with Gasteiger partial charge in [-0.15, -0.1) is 0 Å². The van der Waals surface area contributed by atoms with Gasteiger partial charge in [-0.25, -0.2) is 28.8 Å². The van der Waals surface area contributed by atoms with Gasteiger partial charge in [0.25, 0.3) is 23.6 Å². The normalized spacial score (nSPS) is 13.0. The maximum absolute atomic E-state index is 16.2. The molecule has 13 rings (SSSR count). The van der Waals surface area contributed by atoms with Crippen molar-refractivity contribution in [2.75, 3.05) is 26.4 Å². The van der Waals surface area contributed by atoms with E-state index in [1.54, 1.807) is 84.9 Å². The molecule has 2 unspecified atom stereocenters. The standard InChI is InChI=1S/C90H64Cl4F6N2O20/c1-47(91)83(107)113-35-31-51-15-23-57(24-16-51)119-67-39-61-71-62(80(104)101(79(61)103)65(43-89(95,96)97)87(111)117-45-55-11-7-5-8-12-55)41-69(121-59-27-19-53(20-28-59)33-37-115-85(109)49(3)93)75-76-70(122-60-29-21-54(22-30-60)34-38-116-86(110)50(4)94)42-64-72-63(81(105)102(82(64)106)66(44-90(98,99)100)88(112)118-46-56-13-9-6-10-14-56)40-68(74(78(72)76)73(67)77(71)75)120-58-25-17-52(18-26-58)32-36-114-84(108)48(2)92/h5-30,39-42,65-66H,1-4,31-38,43-46H2. The third-order valence-corrected chi connectivity index (χ3v) is 20.0. The Hall–Kier alpha value is -13.3. The van der Waals surface area contributed by atoms with E-state index in [1.165, 1.54) is 72.8 Å². The minimum absolute atomic E-state index is 0.0753. The summed E-state index contributed by atoms with van der Waals surface area (Å²) >= 11 is 23.1. The number of hydrogen-bond acceptors (Lipinski definition) is 20. The summed E-state index contributed by atoms with van der Waals surface area (Å²) < 4.78 is 152. The Morgan fingerprint density at radius 3 is 0.754 bits per heavy atom. The molecule has 11 aromatic rings. The number of fused-ring (bicyclic) bond motifs is 2. The molecule has 11 aromatic carbocycles. The number of halogens is 10. The number of carbonyl (C=O) groups is 10. The summed E-state index contributed by atoms with van der Waals surface area (Å²) in [5.74, 6) is -15.2. The molecular weight excluding hydrogens is 1680 g/mol. The number of benzene rings is 11. The predicted molar refractivity (Wildman–Crippen MR) is 435 cm³/mol. The maximum atomic E-state index is 16.2. The second-order valence-electron chi connectivity index (χ2n) is 27.7. The highest BCUT2D eigenvalue weighted by Gasteiger charge is 2.51. The number of esters is 6. The molecule has 2 aliphatic heterocycles. The fourth-order valence-electron chi connectivity index (χ4n) is 13.8. The van der Waals surface area contributed by atoms with Crippen molar-refractivity contribution in [3.05, 3.63) is 284 Å². The molecule has 0 aromatic heterocycles. The Morgan fingerprint density at radius 2 is 0.541 bits per heavy atom. The molecule has 2 atom stereocenters. The molecule has 0 aliphatic carbocycles. The summed E-state index contributed by atoms with van der Waals surface area (Å²) in [6.07, 6.45) is -14.6. The third kappa shape index (κ3) is 19.6. The highest BCUT2D eigenvalue weighted by atomic mass is 35.5. The highest BCUT2D eigenvalue weighted by molar-refractivity contribution is 6.46. The Balaban J connectivity index is 1.14. The summed E-state index contributed by atoms with van der Waals surface area (Å²) in [5, 5.41) is -3.81. The van der Waals surface area contributed by atoms with E-state index in [2.05, 4.69) is 26.3 Å². The van der Waals surface area contributed by atoms with Crippen LogP contribution in [-0.2, 0) is 96.1 Å². The van der Waals surface area contributed by atoms with Crippen molar-refractivity contribution >= 4 is 149 Å². The van der Waals surface area contributed by atoms with Crippen LogP contribution in [0.4, 0.5) is 26.3 Å². The Morgan fingerprint density at radius 1 is 0.311 bits per heavy atom. The molecule has 0 N–H and O–H groups in total. The van der Waals surface area contributed by atoms with E-state index in [9.17, 15) is 28.8 Å². The zero-order valence-electron chi connectivity index (χ0n) is 63.6. The van der Waals surface area contributed by atoms with Gasteiger partial charge in [0.15, 0.2) is 0 Å². The number of hydrogen-bond donors (Lipinski definition) is 0. The number of imide groups is 2. The predicted octanol–water partition coefficient (Wildman–Crippen LogP) is 19.6. The average molecular weight is 1750 g/mol. The van der Waals surface area contributed by atoms with Crippen molar-refractivity contribution in [1.29, 1.82) is 0 Å². The van der Waals surface area contributed by atoms with Crippen LogP contribution in [-0.4, -0.2) is 120 Å². The van der Waals surface area contributed by atoms with E-state index in [0.717, 1.165) is 24.3 Å². The fraction of sp³-hybridized carbons (Fsp3) is 0.178. The molecule has 32 heteroatoms. The first-order chi connectivity index (χ1) is 58.2. The lowest BCUT2D eigenvalue weighted by Gasteiger charge is -2.35. The lowest BCUT2D eigenvalue weighted by molar-refractivity contribution is -0.167. The molecule has 4 amide bonds. The highest BCUT2D eigenvalue weighted by Crippen LogP contribution is 2.58. The number of amides is 4. The summed E-state index contributed by atoms with van der Waals surface area (Å²) in [4.78, 5) is 144. The topological polar surface area (TPSA) is 269 Å². The second kappa shape index (κ2) is 36.7. The Bertz CT molecular complexity index is 5420. The molecular formula is C90H64Cl4F6N2O20. The van der Waals surface area contributed by atoms with Crippen LogP contribution in [0.15, 0.2) is 228 Å². The number of nitrogens with zero attached hydrogens (tertiary/aromatic N) is 2. The van der Waals surface area contributed by atoms with Crippen molar-refractivity contribution < 1.29 is 122 Å². The van der Waals surface area contributed by atoms with Crippen molar-refractivity contribution in [2.45, 2.75) is 76.2 Å². The molecule has 624 valence electrons. The van der Waals surface area contributed by atoms with Crippen LogP contribution in [0, 0.1) is 0 Å². The SMILES string of the molecule is C=C(Cl)C(=O)OCCc1ccc(Oc2cc3c4c(cc(Oc5ccc(CCOC(=O)C(=C)Cl)cc5)c5c6c(Oc7ccc(CCOC(=O)C(=C)Cl)cc7)cc7c8c(cc(Oc9ccc(CCOC(=O)C(=C)Cl)cc9)c(c2c45)c86)C(=O)N(C(CC(F)(F)F)C(=O)OCc2ccccc2)C7=O)C(=O)N(C(CC(F)(F)F)C(=O)OCc2ccccc2)C3=O)cc1. The molecule has 22 nitrogen and oxygen atoms in total. The Labute approximate surface area is 709 Å². The van der Waals surface area contributed by atoms with Gasteiger partial charge < -0.3 is 47.4 Å². The molecule has 0 fully saturated rings. The first-order valence-electron chi connectivity index (χ1n) is 37.0. The maximum Gasteiger partial charge on any atom is 0.391 e. The van der Waals surface area contributed by atoms with Gasteiger partial charge >= 0.3 is 48.2 Å². The minimum atomic E-state index is -5.31. The van der Waals surface area contributed by atoms with E-state index >= 15 is 45.5 Å². The molecule has 2 aliphatic rings. The lowest BCUT2D eigenvalue weighted by atomic mass is 9.80. The van der Waals surface area contributed by atoms with Crippen molar-refractivity contribution in [1.82, 2.24) is 9.80 Å². The fourth-order valence-corrected chi connectivity index (χ4v) is 14.1. The average Bonchev–Trinajstić information content (AvgIpc) is 0.669. The van der Waals surface area contributed by atoms with Gasteiger partial charge in [0, 0.05) is 68.8 Å². The van der Waals surface area contributed by atoms with Gasteiger partial charge in [0.05, 0.1) is 61.5 Å². The van der Waals surface area contributed by atoms with Gasteiger partial charge in [-0.05, 0) is 106 Å². The van der Waals surface area contributed by atoms with Crippen LogP contribution in [0.5, 0.6) is 46.0 Å². The zero-order chi connectivity index (χ0) is 87.2. The van der Waals surface area contributed by atoms with E-state index in [4.69, 9.17) is 93.8 Å². The second-order valence-corrected chi connectivity index (χ2v) is 29.5. The number of alkyl halides is 6. The number of rotatable bonds is 34. The van der Waals surface area contributed by atoms with E-state index in [1.807, 2.05) is 0 Å². The first-order valence-corrected chi connectivity index (χ1v) is 38.5. The zero-order valence-corrected chi connectivity index (χ0v) is 66.7. The van der Waals surface area contributed by atoms with Crippen molar-refractivity contribution in [3.63, 3.8) is 0 Å². The minimum Gasteiger partial charge on any atom is -0.461 e. The van der Waals surface area contributed by atoms with Gasteiger partial charge in [-0.3, -0.25) is 29.0 Å². The Kier molecular flexibility index (Phi) is 26.1. The van der Waals surface area contributed by atoms with E-state index in [-0.39, 0.29) is 128 Å². The molecule has 0 bridgehead atoms. The summed E-state index contributed by atoms with van der Waals surface area (Å²) in [6.45, 7) is 11.5. The van der Waals surface area contributed by atoms with Gasteiger partial charge in [0.2, 0.25) is 0 Å². The van der Waals surface area contributed by atoms with Crippen LogP contribution in [0.25, 0.3) is 43.1 Å². The van der Waals surface area contributed by atoms with Crippen molar-refractivity contribution in [2.24, 2.45) is 0 Å². The molecule has 122 heavy (non-hydrogen) atoms.